The van der Waals surface area contributed by atoms with Gasteiger partial charge in [-0.25, -0.2) is 0 Å². The lowest BCUT2D eigenvalue weighted by atomic mass is 9.95. The molecular weight excluding hydrogens is 208 g/mol. The summed E-state index contributed by atoms with van der Waals surface area (Å²) >= 11 is 0. The molecule has 0 saturated carbocycles. The van der Waals surface area contributed by atoms with Crippen molar-refractivity contribution in [3.8, 4) is 0 Å². The van der Waals surface area contributed by atoms with E-state index < -0.39 is 0 Å². The Bertz CT molecular complexity index is 358. The Kier molecular flexibility index (Phi) is 3.55. The van der Waals surface area contributed by atoms with E-state index in [9.17, 15) is 0 Å². The molecular formula is C15H24N2. The summed E-state index contributed by atoms with van der Waals surface area (Å²) in [5.41, 5.74) is 1.63. The van der Waals surface area contributed by atoms with E-state index in [1.165, 1.54) is 5.56 Å². The maximum atomic E-state index is 3.60. The van der Waals surface area contributed by atoms with Gasteiger partial charge in [0.1, 0.15) is 0 Å². The number of nitrogens with one attached hydrogen (secondary N) is 1. The normalized spacial score (nSPS) is 26.7. The third-order valence-electron chi connectivity index (χ3n) is 3.80. The van der Waals surface area contributed by atoms with E-state index in [1.807, 2.05) is 0 Å². The number of rotatable bonds is 2. The predicted octanol–water partition coefficient (Wildman–Crippen LogP) is 2.82. The Labute approximate surface area is 105 Å². The maximum absolute atomic E-state index is 3.60. The zero-order chi connectivity index (χ0) is 12.5. The molecule has 17 heavy (non-hydrogen) atoms. The van der Waals surface area contributed by atoms with Gasteiger partial charge in [0.15, 0.2) is 0 Å². The van der Waals surface area contributed by atoms with Crippen molar-refractivity contribution in [3.63, 3.8) is 0 Å². The highest BCUT2D eigenvalue weighted by molar-refractivity contribution is 5.19. The van der Waals surface area contributed by atoms with Crippen molar-refractivity contribution in [3.05, 3.63) is 35.9 Å². The van der Waals surface area contributed by atoms with E-state index in [-0.39, 0.29) is 5.54 Å². The summed E-state index contributed by atoms with van der Waals surface area (Å²) in [6.07, 6.45) is 0. The average molecular weight is 232 g/mol. The Balaban J connectivity index is 2.15. The largest absolute Gasteiger partial charge is 0.309 e. The molecule has 1 aliphatic heterocycles. The van der Waals surface area contributed by atoms with Gasteiger partial charge in [0.05, 0.1) is 0 Å². The second kappa shape index (κ2) is 4.79. The minimum Gasteiger partial charge on any atom is -0.309 e. The van der Waals surface area contributed by atoms with E-state index in [1.54, 1.807) is 0 Å². The minimum absolute atomic E-state index is 0.218. The van der Waals surface area contributed by atoms with Crippen LogP contribution in [0.4, 0.5) is 0 Å². The zero-order valence-electron chi connectivity index (χ0n) is 11.4. The van der Waals surface area contributed by atoms with Gasteiger partial charge >= 0.3 is 0 Å². The van der Waals surface area contributed by atoms with Gasteiger partial charge in [-0.05, 0) is 33.3 Å². The number of hydrogen-bond donors (Lipinski definition) is 1. The van der Waals surface area contributed by atoms with Crippen LogP contribution in [0.1, 0.15) is 39.3 Å². The van der Waals surface area contributed by atoms with Gasteiger partial charge in [-0.3, -0.25) is 4.90 Å². The molecule has 1 aromatic carbocycles. The summed E-state index contributed by atoms with van der Waals surface area (Å²) in [7, 11) is 0. The Hall–Kier alpha value is -0.860. The first-order valence-corrected chi connectivity index (χ1v) is 6.55. The summed E-state index contributed by atoms with van der Waals surface area (Å²) in [6, 6.07) is 11.9. The summed E-state index contributed by atoms with van der Waals surface area (Å²) in [6.45, 7) is 11.4. The fourth-order valence-corrected chi connectivity index (χ4v) is 2.65. The molecule has 2 unspecified atom stereocenters. The maximum Gasteiger partial charge on any atom is 0.0324 e. The molecule has 1 N–H and O–H groups in total. The SMILES string of the molecule is CC1CNC(C)(C)CN1C(C)c1ccccc1. The predicted molar refractivity (Wildman–Crippen MR) is 73.1 cm³/mol. The highest BCUT2D eigenvalue weighted by Crippen LogP contribution is 2.26. The lowest BCUT2D eigenvalue weighted by Crippen LogP contribution is -2.61. The van der Waals surface area contributed by atoms with E-state index in [0.29, 0.717) is 12.1 Å². The first-order valence-electron chi connectivity index (χ1n) is 6.55. The van der Waals surface area contributed by atoms with E-state index in [2.05, 4.69) is 68.2 Å². The van der Waals surface area contributed by atoms with E-state index in [0.717, 1.165) is 13.1 Å². The molecule has 2 rings (SSSR count). The minimum atomic E-state index is 0.218. The second-order valence-electron chi connectivity index (χ2n) is 5.87. The van der Waals surface area contributed by atoms with Gasteiger partial charge in [-0.1, -0.05) is 30.3 Å². The highest BCUT2D eigenvalue weighted by Gasteiger charge is 2.33. The average Bonchev–Trinajstić information content (AvgIpc) is 2.33. The van der Waals surface area contributed by atoms with Crippen LogP contribution >= 0.6 is 0 Å². The molecule has 0 aromatic heterocycles. The van der Waals surface area contributed by atoms with Gasteiger partial charge in [0.25, 0.3) is 0 Å². The van der Waals surface area contributed by atoms with Crippen LogP contribution in [0.15, 0.2) is 30.3 Å². The highest BCUT2D eigenvalue weighted by atomic mass is 15.3. The van der Waals surface area contributed by atoms with Gasteiger partial charge < -0.3 is 5.32 Å². The van der Waals surface area contributed by atoms with Crippen LogP contribution in [0.3, 0.4) is 0 Å². The lowest BCUT2D eigenvalue weighted by Gasteiger charge is -2.46. The Morgan fingerprint density at radius 2 is 1.94 bits per heavy atom. The van der Waals surface area contributed by atoms with Crippen molar-refractivity contribution in [2.45, 2.75) is 45.3 Å². The molecule has 1 saturated heterocycles. The molecule has 2 heteroatoms. The second-order valence-corrected chi connectivity index (χ2v) is 5.87. The van der Waals surface area contributed by atoms with Gasteiger partial charge in [0.2, 0.25) is 0 Å². The van der Waals surface area contributed by atoms with Crippen molar-refractivity contribution in [1.82, 2.24) is 10.2 Å². The molecule has 1 aliphatic rings. The molecule has 1 fully saturated rings. The van der Waals surface area contributed by atoms with Crippen LogP contribution in [-0.2, 0) is 0 Å². The molecule has 94 valence electrons. The molecule has 0 bridgehead atoms. The number of piperazine rings is 1. The number of nitrogens with zero attached hydrogens (tertiary/aromatic N) is 1. The summed E-state index contributed by atoms with van der Waals surface area (Å²) in [4.78, 5) is 2.60. The molecule has 1 aromatic rings. The first kappa shape index (κ1) is 12.6. The molecule has 2 nitrogen and oxygen atoms in total. The summed E-state index contributed by atoms with van der Waals surface area (Å²) < 4.78 is 0. The molecule has 1 heterocycles. The topological polar surface area (TPSA) is 15.3 Å². The first-order chi connectivity index (χ1) is 7.99. The van der Waals surface area contributed by atoms with Gasteiger partial charge in [-0.15, -0.1) is 0 Å². The fraction of sp³-hybridized carbons (Fsp3) is 0.600. The third kappa shape index (κ3) is 2.88. The van der Waals surface area contributed by atoms with Crippen molar-refractivity contribution in [2.24, 2.45) is 0 Å². The van der Waals surface area contributed by atoms with Gasteiger partial charge in [0, 0.05) is 30.7 Å². The van der Waals surface area contributed by atoms with Crippen LogP contribution in [0.25, 0.3) is 0 Å². The molecule has 0 radical (unpaired) electrons. The lowest BCUT2D eigenvalue weighted by molar-refractivity contribution is 0.0689. The quantitative estimate of drug-likeness (QED) is 0.843. The molecule has 0 amide bonds. The van der Waals surface area contributed by atoms with Crippen LogP contribution in [0.2, 0.25) is 0 Å². The smallest absolute Gasteiger partial charge is 0.0324 e. The third-order valence-corrected chi connectivity index (χ3v) is 3.80. The summed E-state index contributed by atoms with van der Waals surface area (Å²) in [5, 5.41) is 3.60. The Morgan fingerprint density at radius 1 is 1.29 bits per heavy atom. The van der Waals surface area contributed by atoms with Crippen LogP contribution in [0, 0.1) is 0 Å². The Morgan fingerprint density at radius 3 is 2.59 bits per heavy atom. The van der Waals surface area contributed by atoms with Crippen LogP contribution < -0.4 is 5.32 Å². The monoisotopic (exact) mass is 232 g/mol. The standard InChI is InChI=1S/C15H24N2/c1-12-10-16-15(3,4)11-17(12)13(2)14-8-6-5-7-9-14/h5-9,12-13,16H,10-11H2,1-4H3. The zero-order valence-corrected chi connectivity index (χ0v) is 11.4. The molecule has 0 spiro atoms. The number of benzene rings is 1. The van der Waals surface area contributed by atoms with Crippen molar-refractivity contribution < 1.29 is 0 Å². The van der Waals surface area contributed by atoms with Crippen molar-refractivity contribution >= 4 is 0 Å². The van der Waals surface area contributed by atoms with E-state index >= 15 is 0 Å². The fourth-order valence-electron chi connectivity index (χ4n) is 2.65. The summed E-state index contributed by atoms with van der Waals surface area (Å²) in [5.74, 6) is 0. The van der Waals surface area contributed by atoms with Crippen LogP contribution in [-0.4, -0.2) is 29.6 Å². The van der Waals surface area contributed by atoms with E-state index in [4.69, 9.17) is 0 Å². The molecule has 2 atom stereocenters. The van der Waals surface area contributed by atoms with Crippen LogP contribution in [0.5, 0.6) is 0 Å². The van der Waals surface area contributed by atoms with Crippen molar-refractivity contribution in [2.75, 3.05) is 13.1 Å². The van der Waals surface area contributed by atoms with Crippen molar-refractivity contribution in [1.29, 1.82) is 0 Å². The number of hydrogen-bond acceptors (Lipinski definition) is 2. The van der Waals surface area contributed by atoms with Gasteiger partial charge in [-0.2, -0.15) is 0 Å². The molecule has 0 aliphatic carbocycles.